The minimum Gasteiger partial charge on any atom is -0.414 e. The summed E-state index contributed by atoms with van der Waals surface area (Å²) >= 11 is 0. The highest BCUT2D eigenvalue weighted by Crippen LogP contribution is 2.37. The predicted octanol–water partition coefficient (Wildman–Crippen LogP) is 3.72. The average Bonchev–Trinajstić information content (AvgIpc) is 1.99. The smallest absolute Gasteiger partial charge is 0.192 e. The Morgan fingerprint density at radius 1 is 1.38 bits per heavy atom. The van der Waals surface area contributed by atoms with Gasteiger partial charge in [-0.25, -0.2) is 0 Å². The van der Waals surface area contributed by atoms with E-state index in [0.717, 1.165) is 0 Å². The molecule has 0 aliphatic carbocycles. The number of hydrogen-bond acceptors (Lipinski definition) is 2. The van der Waals surface area contributed by atoms with Crippen LogP contribution in [-0.4, -0.2) is 25.6 Å². The van der Waals surface area contributed by atoms with Crippen LogP contribution in [0.5, 0.6) is 0 Å². The van der Waals surface area contributed by atoms with Crippen LogP contribution in [0.3, 0.4) is 0 Å². The Hall–Kier alpha value is -0.123. The molecule has 0 saturated heterocycles. The molecule has 0 heterocycles. The maximum absolute atomic E-state index is 9.68. The van der Waals surface area contributed by atoms with E-state index in [1.165, 1.54) is 0 Å². The lowest BCUT2D eigenvalue weighted by atomic mass is 10.1. The highest BCUT2D eigenvalue weighted by molar-refractivity contribution is 6.74. The predicted molar refractivity (Wildman–Crippen MR) is 73.2 cm³/mol. The van der Waals surface area contributed by atoms with Crippen molar-refractivity contribution in [2.24, 2.45) is 0 Å². The van der Waals surface area contributed by atoms with Crippen LogP contribution in [0.1, 0.15) is 40.5 Å². The van der Waals surface area contributed by atoms with Gasteiger partial charge in [-0.3, -0.25) is 0 Å². The largest absolute Gasteiger partial charge is 0.414 e. The molecule has 0 aliphatic rings. The van der Waals surface area contributed by atoms with E-state index >= 15 is 0 Å². The van der Waals surface area contributed by atoms with Crippen LogP contribution in [0.25, 0.3) is 0 Å². The zero-order valence-electron chi connectivity index (χ0n) is 11.7. The second-order valence-electron chi connectivity index (χ2n) is 6.10. The first kappa shape index (κ1) is 15.9. The summed E-state index contributed by atoms with van der Waals surface area (Å²) in [6.07, 6.45) is 2.89. The van der Waals surface area contributed by atoms with Gasteiger partial charge in [0.2, 0.25) is 0 Å². The lowest BCUT2D eigenvalue weighted by Gasteiger charge is -2.38. The maximum atomic E-state index is 9.68. The van der Waals surface area contributed by atoms with Gasteiger partial charge in [0.15, 0.2) is 8.32 Å². The standard InChI is InChI=1S/C13H28O2Si/c1-8-9-12(14)10-11(2)15-16(6,7)13(3,4)5/h8,11-12,14H,1,9-10H2,2-7H3. The zero-order valence-corrected chi connectivity index (χ0v) is 12.7. The molecule has 2 nitrogen and oxygen atoms in total. The number of rotatable bonds is 6. The topological polar surface area (TPSA) is 29.5 Å². The highest BCUT2D eigenvalue weighted by atomic mass is 28.4. The Morgan fingerprint density at radius 2 is 1.88 bits per heavy atom. The van der Waals surface area contributed by atoms with Crippen molar-refractivity contribution in [1.82, 2.24) is 0 Å². The highest BCUT2D eigenvalue weighted by Gasteiger charge is 2.38. The second-order valence-corrected chi connectivity index (χ2v) is 10.9. The van der Waals surface area contributed by atoms with Crippen molar-refractivity contribution >= 4 is 8.32 Å². The molecular weight excluding hydrogens is 216 g/mol. The van der Waals surface area contributed by atoms with Gasteiger partial charge in [0.05, 0.1) is 6.10 Å². The molecule has 0 aliphatic heterocycles. The third kappa shape index (κ3) is 5.28. The van der Waals surface area contributed by atoms with Gasteiger partial charge >= 0.3 is 0 Å². The number of aliphatic hydroxyl groups is 1. The zero-order chi connectivity index (χ0) is 13.0. The van der Waals surface area contributed by atoms with Crippen LogP contribution in [0, 0.1) is 0 Å². The van der Waals surface area contributed by atoms with Crippen LogP contribution in [0.15, 0.2) is 12.7 Å². The molecule has 0 aromatic rings. The summed E-state index contributed by atoms with van der Waals surface area (Å²) in [6, 6.07) is 0. The summed E-state index contributed by atoms with van der Waals surface area (Å²) in [6.45, 7) is 16.8. The third-order valence-corrected chi connectivity index (χ3v) is 7.95. The minimum absolute atomic E-state index is 0.121. The van der Waals surface area contributed by atoms with E-state index in [0.29, 0.717) is 12.8 Å². The average molecular weight is 244 g/mol. The Balaban J connectivity index is 4.23. The lowest BCUT2D eigenvalue weighted by molar-refractivity contribution is 0.0974. The molecule has 0 amide bonds. The molecule has 0 spiro atoms. The van der Waals surface area contributed by atoms with E-state index in [1.807, 2.05) is 6.92 Å². The molecule has 0 bridgehead atoms. The molecule has 0 aromatic heterocycles. The molecule has 0 radical (unpaired) electrons. The molecule has 16 heavy (non-hydrogen) atoms. The van der Waals surface area contributed by atoms with E-state index in [1.54, 1.807) is 6.08 Å². The van der Waals surface area contributed by atoms with Gasteiger partial charge < -0.3 is 9.53 Å². The fourth-order valence-corrected chi connectivity index (χ4v) is 2.86. The van der Waals surface area contributed by atoms with Crippen LogP contribution in [0.4, 0.5) is 0 Å². The molecule has 2 atom stereocenters. The molecular formula is C13H28O2Si. The van der Waals surface area contributed by atoms with E-state index in [2.05, 4.69) is 40.4 Å². The Kier molecular flexibility index (Phi) is 5.94. The normalized spacial score (nSPS) is 16.9. The fourth-order valence-electron chi connectivity index (χ4n) is 1.40. The van der Waals surface area contributed by atoms with Crippen molar-refractivity contribution in [2.45, 2.75) is 70.9 Å². The molecule has 2 unspecified atom stereocenters. The van der Waals surface area contributed by atoms with E-state index in [4.69, 9.17) is 4.43 Å². The quantitative estimate of drug-likeness (QED) is 0.570. The van der Waals surface area contributed by atoms with Gasteiger partial charge in [-0.1, -0.05) is 26.8 Å². The SMILES string of the molecule is C=CCC(O)CC(C)O[Si](C)(C)C(C)(C)C. The van der Waals surface area contributed by atoms with Crippen LogP contribution in [0.2, 0.25) is 18.1 Å². The van der Waals surface area contributed by atoms with Gasteiger partial charge in [-0.2, -0.15) is 0 Å². The van der Waals surface area contributed by atoms with E-state index in [9.17, 15) is 5.11 Å². The molecule has 1 N–H and O–H groups in total. The molecule has 96 valence electrons. The van der Waals surface area contributed by atoms with Gasteiger partial charge in [0.1, 0.15) is 0 Å². The summed E-state index contributed by atoms with van der Waals surface area (Å²) in [7, 11) is -1.69. The van der Waals surface area contributed by atoms with Gasteiger partial charge in [-0.05, 0) is 37.9 Å². The first-order valence-corrected chi connectivity index (χ1v) is 8.97. The fraction of sp³-hybridized carbons (Fsp3) is 0.846. The van der Waals surface area contributed by atoms with Crippen molar-refractivity contribution in [3.05, 3.63) is 12.7 Å². The lowest BCUT2D eigenvalue weighted by Crippen LogP contribution is -2.43. The summed E-state index contributed by atoms with van der Waals surface area (Å²) < 4.78 is 6.16. The molecule has 3 heteroatoms. The molecule has 0 saturated carbocycles. The van der Waals surface area contributed by atoms with Crippen molar-refractivity contribution < 1.29 is 9.53 Å². The van der Waals surface area contributed by atoms with Gasteiger partial charge in [0, 0.05) is 6.10 Å². The van der Waals surface area contributed by atoms with Crippen molar-refractivity contribution in [2.75, 3.05) is 0 Å². The van der Waals surface area contributed by atoms with Gasteiger partial charge in [0.25, 0.3) is 0 Å². The van der Waals surface area contributed by atoms with Crippen molar-refractivity contribution in [3.63, 3.8) is 0 Å². The van der Waals surface area contributed by atoms with E-state index in [-0.39, 0.29) is 17.2 Å². The van der Waals surface area contributed by atoms with E-state index < -0.39 is 8.32 Å². The van der Waals surface area contributed by atoms with Gasteiger partial charge in [-0.15, -0.1) is 6.58 Å². The van der Waals surface area contributed by atoms with Crippen LogP contribution >= 0.6 is 0 Å². The first-order valence-electron chi connectivity index (χ1n) is 6.07. The number of hydrogen-bond donors (Lipinski definition) is 1. The Labute approximate surface area is 102 Å². The minimum atomic E-state index is -1.69. The molecule has 0 aromatic carbocycles. The third-order valence-electron chi connectivity index (χ3n) is 3.34. The Morgan fingerprint density at radius 3 is 2.25 bits per heavy atom. The summed E-state index contributed by atoms with van der Waals surface area (Å²) in [5.74, 6) is 0. The van der Waals surface area contributed by atoms with Crippen LogP contribution in [-0.2, 0) is 4.43 Å². The second kappa shape index (κ2) is 5.99. The van der Waals surface area contributed by atoms with Crippen LogP contribution < -0.4 is 0 Å². The summed E-state index contributed by atoms with van der Waals surface area (Å²) in [4.78, 5) is 0. The molecule has 0 rings (SSSR count). The molecule has 0 fully saturated rings. The summed E-state index contributed by atoms with van der Waals surface area (Å²) in [5.41, 5.74) is 0. The maximum Gasteiger partial charge on any atom is 0.192 e. The summed E-state index contributed by atoms with van der Waals surface area (Å²) in [5, 5.41) is 9.91. The first-order chi connectivity index (χ1) is 7.10. The number of aliphatic hydroxyl groups excluding tert-OH is 1. The van der Waals surface area contributed by atoms with Crippen molar-refractivity contribution in [3.8, 4) is 0 Å². The van der Waals surface area contributed by atoms with Crippen molar-refractivity contribution in [1.29, 1.82) is 0 Å². The Bertz CT molecular complexity index is 218. The monoisotopic (exact) mass is 244 g/mol.